The zero-order valence-electron chi connectivity index (χ0n) is 16.5. The van der Waals surface area contributed by atoms with Gasteiger partial charge in [0.05, 0.1) is 11.5 Å². The third kappa shape index (κ3) is 6.15. The molecule has 0 saturated heterocycles. The maximum absolute atomic E-state index is 13.0. The molecule has 0 spiro atoms. The van der Waals surface area contributed by atoms with Gasteiger partial charge in [0.25, 0.3) is 0 Å². The summed E-state index contributed by atoms with van der Waals surface area (Å²) in [4.78, 5) is 28.4. The number of thioether (sulfide) groups is 1. The maximum atomic E-state index is 13.0. The lowest BCUT2D eigenvalue weighted by molar-refractivity contribution is -0.119. The summed E-state index contributed by atoms with van der Waals surface area (Å²) < 4.78 is 18.2. The second-order valence-electron chi connectivity index (χ2n) is 6.66. The first-order chi connectivity index (χ1) is 14.4. The van der Waals surface area contributed by atoms with E-state index in [0.717, 1.165) is 11.3 Å². The van der Waals surface area contributed by atoms with E-state index in [1.54, 1.807) is 19.1 Å². The molecule has 0 fully saturated rings. The van der Waals surface area contributed by atoms with E-state index in [1.807, 2.05) is 31.2 Å². The van der Waals surface area contributed by atoms with Crippen molar-refractivity contribution in [1.82, 2.24) is 15.5 Å². The van der Waals surface area contributed by atoms with Crippen LogP contribution in [-0.2, 0) is 9.59 Å². The molecule has 2 aromatic carbocycles. The average molecular weight is 428 g/mol. The fourth-order valence-electron chi connectivity index (χ4n) is 2.63. The highest BCUT2D eigenvalue weighted by molar-refractivity contribution is 8.00. The first kappa shape index (κ1) is 21.5. The summed E-state index contributed by atoms with van der Waals surface area (Å²) in [6, 6.07) is 12.7. The van der Waals surface area contributed by atoms with Crippen molar-refractivity contribution in [1.29, 1.82) is 0 Å². The molecule has 1 heterocycles. The molecule has 0 bridgehead atoms. The zero-order chi connectivity index (χ0) is 21.5. The summed E-state index contributed by atoms with van der Waals surface area (Å²) in [5.74, 6) is 0.0474. The summed E-state index contributed by atoms with van der Waals surface area (Å²) >= 11 is 1.21. The average Bonchev–Trinajstić information content (AvgIpc) is 3.19. The van der Waals surface area contributed by atoms with E-state index in [9.17, 15) is 14.0 Å². The smallest absolute Gasteiger partial charge is 0.249 e. The van der Waals surface area contributed by atoms with Gasteiger partial charge in [0, 0.05) is 11.3 Å². The van der Waals surface area contributed by atoms with Crippen molar-refractivity contribution in [2.45, 2.75) is 19.9 Å². The van der Waals surface area contributed by atoms with Gasteiger partial charge in [0.1, 0.15) is 11.9 Å². The number of aromatic nitrogens is 2. The number of hydrogen-bond donors (Lipinski definition) is 2. The van der Waals surface area contributed by atoms with Gasteiger partial charge in [0.2, 0.25) is 23.5 Å². The van der Waals surface area contributed by atoms with E-state index in [1.165, 1.54) is 23.9 Å². The summed E-state index contributed by atoms with van der Waals surface area (Å²) in [7, 11) is 0. The Morgan fingerprint density at radius 3 is 2.60 bits per heavy atom. The molecule has 9 heteroatoms. The summed E-state index contributed by atoms with van der Waals surface area (Å²) in [5, 5.41) is 9.41. The van der Waals surface area contributed by atoms with E-state index in [2.05, 4.69) is 20.8 Å². The van der Waals surface area contributed by atoms with Crippen molar-refractivity contribution in [2.75, 3.05) is 16.8 Å². The number of nitrogens with zero attached hydrogens (tertiary/aromatic N) is 2. The Bertz CT molecular complexity index is 1020. The fraction of sp³-hybridized carbons (Fsp3) is 0.238. The van der Waals surface area contributed by atoms with Crippen molar-refractivity contribution < 1.29 is 18.5 Å². The standard InChI is InChI=1S/C21H21FN4O3S/c1-13-4-3-5-17(10-13)24-19(28)12-30-11-18(27)23-14(2)21-25-20(26-29-21)15-6-8-16(22)9-7-15/h3-10,14H,11-12H2,1-2H3,(H,23,27)(H,24,28). The predicted molar refractivity (Wildman–Crippen MR) is 113 cm³/mol. The van der Waals surface area contributed by atoms with Gasteiger partial charge in [-0.3, -0.25) is 9.59 Å². The molecule has 30 heavy (non-hydrogen) atoms. The molecule has 7 nitrogen and oxygen atoms in total. The minimum absolute atomic E-state index is 0.116. The van der Waals surface area contributed by atoms with Crippen LogP contribution < -0.4 is 10.6 Å². The Morgan fingerprint density at radius 2 is 1.87 bits per heavy atom. The number of carbonyl (C=O) groups excluding carboxylic acids is 2. The molecule has 0 radical (unpaired) electrons. The molecule has 0 aliphatic carbocycles. The number of aryl methyl sites for hydroxylation is 1. The molecular weight excluding hydrogens is 407 g/mol. The normalized spacial score (nSPS) is 11.7. The first-order valence-corrected chi connectivity index (χ1v) is 10.4. The van der Waals surface area contributed by atoms with Crippen molar-refractivity contribution >= 4 is 29.3 Å². The topological polar surface area (TPSA) is 97.1 Å². The van der Waals surface area contributed by atoms with Gasteiger partial charge in [-0.25, -0.2) is 4.39 Å². The predicted octanol–water partition coefficient (Wildman–Crippen LogP) is 3.73. The summed E-state index contributed by atoms with van der Waals surface area (Å²) in [6.07, 6.45) is 0. The number of hydrogen-bond acceptors (Lipinski definition) is 6. The van der Waals surface area contributed by atoms with Crippen molar-refractivity contribution in [3.05, 3.63) is 65.8 Å². The van der Waals surface area contributed by atoms with Crippen LogP contribution in [0.2, 0.25) is 0 Å². The molecule has 2 N–H and O–H groups in total. The van der Waals surface area contributed by atoms with Gasteiger partial charge >= 0.3 is 0 Å². The lowest BCUT2D eigenvalue weighted by Gasteiger charge is -2.09. The van der Waals surface area contributed by atoms with E-state index in [-0.39, 0.29) is 35.0 Å². The van der Waals surface area contributed by atoms with Crippen LogP contribution in [0, 0.1) is 12.7 Å². The second kappa shape index (κ2) is 10.0. The van der Waals surface area contributed by atoms with Crippen molar-refractivity contribution in [2.24, 2.45) is 0 Å². The maximum Gasteiger partial charge on any atom is 0.249 e. The highest BCUT2D eigenvalue weighted by atomic mass is 32.2. The number of rotatable bonds is 8. The van der Waals surface area contributed by atoms with E-state index in [4.69, 9.17) is 4.52 Å². The quantitative estimate of drug-likeness (QED) is 0.567. The van der Waals surface area contributed by atoms with Crippen LogP contribution in [0.1, 0.15) is 24.4 Å². The highest BCUT2D eigenvalue weighted by Gasteiger charge is 2.17. The number of benzene rings is 2. The van der Waals surface area contributed by atoms with Crippen molar-refractivity contribution in [3.8, 4) is 11.4 Å². The molecule has 0 aliphatic heterocycles. The number of amides is 2. The van der Waals surface area contributed by atoms with Gasteiger partial charge in [-0.15, -0.1) is 11.8 Å². The number of halogens is 1. The fourth-order valence-corrected chi connectivity index (χ4v) is 3.26. The zero-order valence-corrected chi connectivity index (χ0v) is 17.3. The third-order valence-corrected chi connectivity index (χ3v) is 4.99. The SMILES string of the molecule is Cc1cccc(NC(=O)CSCC(=O)NC(C)c2nc(-c3ccc(F)cc3)no2)c1. The van der Waals surface area contributed by atoms with Gasteiger partial charge in [-0.05, 0) is 55.8 Å². The first-order valence-electron chi connectivity index (χ1n) is 9.24. The molecule has 1 atom stereocenters. The molecule has 1 unspecified atom stereocenters. The van der Waals surface area contributed by atoms with Gasteiger partial charge in [-0.1, -0.05) is 17.3 Å². The largest absolute Gasteiger partial charge is 0.344 e. The molecule has 156 valence electrons. The van der Waals surface area contributed by atoms with Crippen LogP contribution in [0.15, 0.2) is 53.1 Å². The molecule has 0 aliphatic rings. The lowest BCUT2D eigenvalue weighted by Crippen LogP contribution is -2.29. The molecule has 2 amide bonds. The van der Waals surface area contributed by atoms with E-state index >= 15 is 0 Å². The van der Waals surface area contributed by atoms with E-state index in [0.29, 0.717) is 11.4 Å². The molecule has 3 rings (SSSR count). The highest BCUT2D eigenvalue weighted by Crippen LogP contribution is 2.19. The van der Waals surface area contributed by atoms with Crippen LogP contribution >= 0.6 is 11.8 Å². The Morgan fingerprint density at radius 1 is 1.13 bits per heavy atom. The summed E-state index contributed by atoms with van der Waals surface area (Å²) in [5.41, 5.74) is 2.39. The Kier molecular flexibility index (Phi) is 7.18. The minimum Gasteiger partial charge on any atom is -0.344 e. The Hall–Kier alpha value is -3.20. The molecule has 3 aromatic rings. The number of nitrogens with one attached hydrogen (secondary N) is 2. The number of anilines is 1. The van der Waals surface area contributed by atoms with Gasteiger partial charge < -0.3 is 15.2 Å². The molecule has 1 aromatic heterocycles. The van der Waals surface area contributed by atoms with Crippen LogP contribution in [0.3, 0.4) is 0 Å². The van der Waals surface area contributed by atoms with E-state index < -0.39 is 6.04 Å². The summed E-state index contributed by atoms with van der Waals surface area (Å²) in [6.45, 7) is 3.66. The third-order valence-electron chi connectivity index (χ3n) is 4.06. The lowest BCUT2D eigenvalue weighted by atomic mass is 10.2. The Balaban J connectivity index is 1.43. The van der Waals surface area contributed by atoms with Crippen LogP contribution in [0.5, 0.6) is 0 Å². The number of carbonyl (C=O) groups is 2. The van der Waals surface area contributed by atoms with Crippen LogP contribution in [-0.4, -0.2) is 33.5 Å². The molecule has 0 saturated carbocycles. The second-order valence-corrected chi connectivity index (χ2v) is 7.65. The Labute approximate surface area is 177 Å². The minimum atomic E-state index is -0.499. The molecular formula is C21H21FN4O3S. The van der Waals surface area contributed by atoms with Crippen LogP contribution in [0.25, 0.3) is 11.4 Å². The van der Waals surface area contributed by atoms with Gasteiger partial charge in [-0.2, -0.15) is 4.98 Å². The monoisotopic (exact) mass is 428 g/mol. The van der Waals surface area contributed by atoms with Gasteiger partial charge in [0.15, 0.2) is 0 Å². The van der Waals surface area contributed by atoms with Crippen molar-refractivity contribution in [3.63, 3.8) is 0 Å². The van der Waals surface area contributed by atoms with Crippen LogP contribution in [0.4, 0.5) is 10.1 Å².